The van der Waals surface area contributed by atoms with E-state index in [1.807, 2.05) is 61.5 Å². The molecule has 1 N–H and O–H groups in total. The Morgan fingerprint density at radius 3 is 2.47 bits per heavy atom. The van der Waals surface area contributed by atoms with Crippen molar-refractivity contribution in [2.45, 2.75) is 43.1 Å². The maximum Gasteiger partial charge on any atom is 0.305 e. The molecule has 2 aliphatic carbocycles. The fourth-order valence-corrected chi connectivity index (χ4v) is 11.2. The highest BCUT2D eigenvalue weighted by Crippen LogP contribution is 2.69. The molecule has 218 valence electrons. The molecule has 1 aromatic heterocycles. The van der Waals surface area contributed by atoms with Gasteiger partial charge in [0.1, 0.15) is 12.4 Å². The normalized spacial score (nSPS) is 28.6. The number of halogens is 1. The van der Waals surface area contributed by atoms with Crippen LogP contribution in [0.25, 0.3) is 0 Å². The number of imide groups is 1. The third-order valence-corrected chi connectivity index (χ3v) is 12.8. The fraction of sp³-hybridized carbons (Fsp3) is 0.324. The topological polar surface area (TPSA) is 79.5 Å². The summed E-state index contributed by atoms with van der Waals surface area (Å²) in [5, 5.41) is 1.55. The lowest BCUT2D eigenvalue weighted by Crippen LogP contribution is -2.42. The Morgan fingerprint density at radius 2 is 1.70 bits per heavy atom. The number of H-pyrrole nitrogens is 1. The van der Waals surface area contributed by atoms with Crippen molar-refractivity contribution >= 4 is 52.2 Å². The van der Waals surface area contributed by atoms with Crippen LogP contribution < -0.4 is 14.5 Å². The molecule has 3 aromatic carbocycles. The molecular formula is C34H29ClN2O4S2. The fourth-order valence-electron chi connectivity index (χ4n) is 8.13. The molecule has 2 aliphatic heterocycles. The number of nitrogens with zero attached hydrogens (tertiary/aromatic N) is 1. The number of amides is 2. The summed E-state index contributed by atoms with van der Waals surface area (Å²) in [4.78, 5) is 46.1. The molecule has 2 bridgehead atoms. The maximum absolute atomic E-state index is 14.1. The number of carbonyl (C=O) groups is 2. The number of ether oxygens (including phenoxy) is 1. The van der Waals surface area contributed by atoms with Gasteiger partial charge in [0.15, 0.2) is 0 Å². The molecule has 7 atom stereocenters. The Kier molecular flexibility index (Phi) is 6.40. The van der Waals surface area contributed by atoms with E-state index in [4.69, 9.17) is 16.3 Å². The van der Waals surface area contributed by atoms with Crippen molar-refractivity contribution < 1.29 is 14.3 Å². The lowest BCUT2D eigenvalue weighted by atomic mass is 9.68. The van der Waals surface area contributed by atoms with E-state index >= 15 is 0 Å². The number of rotatable bonds is 5. The number of aryl methyl sites for hydroxylation is 2. The molecule has 4 aromatic rings. The molecule has 1 saturated heterocycles. The number of anilines is 1. The summed E-state index contributed by atoms with van der Waals surface area (Å²) in [5.74, 6) is -0.214. The Bertz CT molecular complexity index is 1850. The van der Waals surface area contributed by atoms with Gasteiger partial charge >= 0.3 is 4.87 Å². The van der Waals surface area contributed by atoms with E-state index in [0.29, 0.717) is 17.3 Å². The summed E-state index contributed by atoms with van der Waals surface area (Å²) >= 11 is 9.55. The monoisotopic (exact) mass is 628 g/mol. The van der Waals surface area contributed by atoms with E-state index in [9.17, 15) is 14.4 Å². The highest BCUT2D eigenvalue weighted by Gasteiger charge is 2.69. The second kappa shape index (κ2) is 10.1. The van der Waals surface area contributed by atoms with Crippen molar-refractivity contribution in [3.63, 3.8) is 0 Å². The second-order valence-electron chi connectivity index (χ2n) is 12.2. The van der Waals surface area contributed by atoms with Crippen LogP contribution in [-0.4, -0.2) is 22.0 Å². The lowest BCUT2D eigenvalue weighted by molar-refractivity contribution is -0.123. The maximum atomic E-state index is 14.1. The molecule has 2 amide bonds. The minimum absolute atomic E-state index is 0.0120. The number of thiazole rings is 1. The summed E-state index contributed by atoms with van der Waals surface area (Å²) < 4.78 is 6.49. The minimum Gasteiger partial charge on any atom is -0.489 e. The van der Waals surface area contributed by atoms with Crippen LogP contribution in [0, 0.1) is 43.4 Å². The van der Waals surface area contributed by atoms with Crippen LogP contribution in [0.5, 0.6) is 5.75 Å². The first-order chi connectivity index (χ1) is 20.8. The predicted octanol–water partition coefficient (Wildman–Crippen LogP) is 6.96. The molecule has 0 radical (unpaired) electrons. The van der Waals surface area contributed by atoms with Crippen LogP contribution in [0.3, 0.4) is 0 Å². The van der Waals surface area contributed by atoms with Gasteiger partial charge in [0.2, 0.25) is 11.8 Å². The Labute approximate surface area is 262 Å². The second-order valence-corrected chi connectivity index (χ2v) is 14.8. The number of aromatic nitrogens is 1. The molecule has 4 aliphatic rings. The quantitative estimate of drug-likeness (QED) is 0.242. The van der Waals surface area contributed by atoms with Gasteiger partial charge in [-0.25, -0.2) is 0 Å². The number of thioether (sulfide) groups is 1. The third kappa shape index (κ3) is 4.17. The average molecular weight is 629 g/mol. The summed E-state index contributed by atoms with van der Waals surface area (Å²) in [5.41, 5.74) is 4.91. The standard InChI is InChI=1S/C34H29ClN2O4S2/c1-16-7-10-20(11-8-16)37-32(38)27-22-14-23(28(27)33(37)39)29-26(22)25(30-31(42-29)36-34(40)43-30)21-13-19(35)9-12-24(21)41-15-18-6-4-3-5-17(18)2/h3-13,22-23,25-29H,14-15H2,1-2H3,(H,36,40)/t22-,23-,25?,26?,27?,28?,29?/m1/s1. The zero-order valence-electron chi connectivity index (χ0n) is 23.6. The molecule has 0 spiro atoms. The van der Waals surface area contributed by atoms with Gasteiger partial charge in [-0.1, -0.05) is 64.9 Å². The molecule has 8 rings (SSSR count). The number of benzene rings is 3. The van der Waals surface area contributed by atoms with Crippen LogP contribution in [0.15, 0.2) is 76.6 Å². The van der Waals surface area contributed by atoms with E-state index < -0.39 is 0 Å². The highest BCUT2D eigenvalue weighted by atomic mass is 35.5. The van der Waals surface area contributed by atoms with E-state index in [2.05, 4.69) is 24.0 Å². The Hall–Kier alpha value is -3.33. The van der Waals surface area contributed by atoms with Crippen LogP contribution in [0.2, 0.25) is 5.02 Å². The number of nitrogens with one attached hydrogen (secondary N) is 1. The van der Waals surface area contributed by atoms with Gasteiger partial charge in [0, 0.05) is 26.6 Å². The Balaban J connectivity index is 1.20. The van der Waals surface area contributed by atoms with Crippen LogP contribution in [-0.2, 0) is 16.2 Å². The summed E-state index contributed by atoms with van der Waals surface area (Å²) in [7, 11) is 0. The van der Waals surface area contributed by atoms with Gasteiger partial charge < -0.3 is 9.72 Å². The first-order valence-corrected chi connectivity index (χ1v) is 16.7. The number of hydrogen-bond acceptors (Lipinski definition) is 6. The first kappa shape index (κ1) is 27.2. The van der Waals surface area contributed by atoms with Crippen LogP contribution >= 0.6 is 34.7 Å². The molecular weight excluding hydrogens is 600 g/mol. The molecule has 9 heteroatoms. The molecule has 43 heavy (non-hydrogen) atoms. The zero-order valence-corrected chi connectivity index (χ0v) is 26.0. The van der Waals surface area contributed by atoms with Crippen LogP contribution in [0.4, 0.5) is 5.69 Å². The van der Waals surface area contributed by atoms with Crippen molar-refractivity contribution in [1.29, 1.82) is 0 Å². The predicted molar refractivity (Wildman–Crippen MR) is 169 cm³/mol. The SMILES string of the molecule is Cc1ccc(N2C(=O)C3C(C2=O)[C@@H]2C[C@H]3C3Sc4[nH]c(=O)sc4C(c4cc(Cl)ccc4OCc4ccccc4C)C32)cc1. The van der Waals surface area contributed by atoms with E-state index in [1.54, 1.807) is 11.8 Å². The number of fused-ring (bicyclic) bond motifs is 9. The van der Waals surface area contributed by atoms with Crippen molar-refractivity contribution in [1.82, 2.24) is 4.98 Å². The lowest BCUT2D eigenvalue weighted by Gasteiger charge is -2.43. The highest BCUT2D eigenvalue weighted by molar-refractivity contribution is 8.00. The molecule has 6 nitrogen and oxygen atoms in total. The number of aromatic amines is 1. The van der Waals surface area contributed by atoms with E-state index in [1.165, 1.54) is 16.2 Å². The van der Waals surface area contributed by atoms with Gasteiger partial charge in [-0.3, -0.25) is 19.3 Å². The molecule has 3 heterocycles. The van der Waals surface area contributed by atoms with Crippen molar-refractivity contribution in [3.8, 4) is 5.75 Å². The number of hydrogen-bond donors (Lipinski definition) is 1. The Morgan fingerprint density at radius 1 is 0.953 bits per heavy atom. The summed E-state index contributed by atoms with van der Waals surface area (Å²) in [6, 6.07) is 21.5. The summed E-state index contributed by atoms with van der Waals surface area (Å²) in [6.07, 6.45) is 0.826. The average Bonchev–Trinajstić information content (AvgIpc) is 3.72. The van der Waals surface area contributed by atoms with Crippen molar-refractivity contribution in [3.05, 3.63) is 109 Å². The molecule has 2 saturated carbocycles. The third-order valence-electron chi connectivity index (χ3n) is 9.97. The van der Waals surface area contributed by atoms with Gasteiger partial charge in [-0.15, -0.1) is 11.8 Å². The number of carbonyl (C=O) groups excluding carboxylic acids is 2. The van der Waals surface area contributed by atoms with Gasteiger partial charge in [0.05, 0.1) is 22.5 Å². The van der Waals surface area contributed by atoms with Gasteiger partial charge in [0.25, 0.3) is 0 Å². The van der Waals surface area contributed by atoms with Crippen molar-refractivity contribution in [2.24, 2.45) is 29.6 Å². The summed E-state index contributed by atoms with van der Waals surface area (Å²) in [6.45, 7) is 4.47. The van der Waals surface area contributed by atoms with Crippen molar-refractivity contribution in [2.75, 3.05) is 4.90 Å². The first-order valence-electron chi connectivity index (χ1n) is 14.6. The molecule has 5 unspecified atom stereocenters. The van der Waals surface area contributed by atoms with Crippen LogP contribution in [0.1, 0.15) is 39.5 Å². The minimum atomic E-state index is -0.365. The van der Waals surface area contributed by atoms with E-state index in [0.717, 1.165) is 44.3 Å². The zero-order chi connectivity index (χ0) is 29.6. The molecule has 3 fully saturated rings. The van der Waals surface area contributed by atoms with Gasteiger partial charge in [-0.05, 0) is 79.5 Å². The van der Waals surface area contributed by atoms with Gasteiger partial charge in [-0.2, -0.15) is 0 Å². The smallest absolute Gasteiger partial charge is 0.305 e. The largest absolute Gasteiger partial charge is 0.489 e. The van der Waals surface area contributed by atoms with E-state index in [-0.39, 0.29) is 57.4 Å².